The van der Waals surface area contributed by atoms with Gasteiger partial charge < -0.3 is 10.5 Å². The number of amides is 1. The highest BCUT2D eigenvalue weighted by Gasteiger charge is 2.19. The molecular weight excluding hydrogens is 244 g/mol. The van der Waals surface area contributed by atoms with Gasteiger partial charge in [-0.25, -0.2) is 13.6 Å². The number of hydrogen-bond acceptors (Lipinski definition) is 4. The van der Waals surface area contributed by atoms with Crippen LogP contribution in [0.5, 0.6) is 0 Å². The summed E-state index contributed by atoms with van der Waals surface area (Å²) in [5, 5.41) is 5.04. The highest BCUT2D eigenvalue weighted by Crippen LogP contribution is 2.22. The quantitative estimate of drug-likeness (QED) is 0.574. The van der Waals surface area contributed by atoms with Crippen molar-refractivity contribution in [3.63, 3.8) is 0 Å². The minimum absolute atomic E-state index is 0.0582. The molecule has 0 fully saturated rings. The predicted octanol–water partition coefficient (Wildman–Crippen LogP) is -0.193. The smallest absolute Gasteiger partial charge is 0.252 e. The minimum Gasteiger partial charge on any atom is -0.504 e. The molecule has 1 amide bonds. The van der Waals surface area contributed by atoms with E-state index >= 15 is 0 Å². The zero-order chi connectivity index (χ0) is 13.1. The molecule has 0 saturated heterocycles. The van der Waals surface area contributed by atoms with Crippen LogP contribution in [-0.4, -0.2) is 21.4 Å². The number of rotatable bonds is 4. The molecule has 0 bridgehead atoms. The first-order valence-electron chi connectivity index (χ1n) is 4.53. The molecule has 0 radical (unpaired) electrons. The fourth-order valence-electron chi connectivity index (χ4n) is 1.31. The van der Waals surface area contributed by atoms with E-state index in [4.69, 9.17) is 10.9 Å². The zero-order valence-electron chi connectivity index (χ0n) is 9.08. The summed E-state index contributed by atoms with van der Waals surface area (Å²) in [6, 6.07) is 5.78. The predicted molar refractivity (Wildman–Crippen MR) is 62.0 cm³/mol. The van der Waals surface area contributed by atoms with Crippen LogP contribution in [0.25, 0.3) is 5.57 Å². The second-order valence-electron chi connectivity index (χ2n) is 3.17. The number of carbonyl (C=O) groups excluding carboxylic acids is 1. The Morgan fingerprint density at radius 2 is 1.94 bits per heavy atom. The van der Waals surface area contributed by atoms with Crippen molar-refractivity contribution >= 4 is 21.5 Å². The van der Waals surface area contributed by atoms with Crippen molar-refractivity contribution in [2.24, 2.45) is 10.9 Å². The van der Waals surface area contributed by atoms with E-state index in [2.05, 4.69) is 4.74 Å². The van der Waals surface area contributed by atoms with E-state index in [1.807, 2.05) is 0 Å². The van der Waals surface area contributed by atoms with Gasteiger partial charge in [0, 0.05) is 5.56 Å². The van der Waals surface area contributed by atoms with Gasteiger partial charge >= 0.3 is 0 Å². The average Bonchev–Trinajstić information content (AvgIpc) is 2.24. The lowest BCUT2D eigenvalue weighted by molar-refractivity contribution is -0.112. The SMILES string of the molecule is COC=C(C(N)=O)c1ccccc1S(N)(=O)=O. The average molecular weight is 256 g/mol. The van der Waals surface area contributed by atoms with Crippen molar-refractivity contribution in [3.8, 4) is 0 Å². The largest absolute Gasteiger partial charge is 0.504 e. The van der Waals surface area contributed by atoms with Crippen molar-refractivity contribution < 1.29 is 17.9 Å². The number of ether oxygens (including phenoxy) is 1. The Balaban J connectivity index is 3.51. The third kappa shape index (κ3) is 3.05. The molecule has 6 nitrogen and oxygen atoms in total. The van der Waals surface area contributed by atoms with Gasteiger partial charge in [0.25, 0.3) is 5.91 Å². The van der Waals surface area contributed by atoms with Crippen LogP contribution in [0.3, 0.4) is 0 Å². The molecule has 0 unspecified atom stereocenters. The molecule has 0 aromatic heterocycles. The molecule has 0 atom stereocenters. The van der Waals surface area contributed by atoms with Crippen LogP contribution < -0.4 is 10.9 Å². The van der Waals surface area contributed by atoms with Crippen LogP contribution in [-0.2, 0) is 19.6 Å². The molecule has 0 aliphatic heterocycles. The normalized spacial score (nSPS) is 12.2. The lowest BCUT2D eigenvalue weighted by Gasteiger charge is -2.08. The highest BCUT2D eigenvalue weighted by molar-refractivity contribution is 7.89. The number of primary amides is 1. The highest BCUT2D eigenvalue weighted by atomic mass is 32.2. The van der Waals surface area contributed by atoms with Gasteiger partial charge in [0.05, 0.1) is 23.8 Å². The standard InChI is InChI=1S/C10H12N2O4S/c1-16-6-8(10(11)13)7-4-2-3-5-9(7)17(12,14)15/h2-6H,1H3,(H2,11,13)(H2,12,14,15). The molecule has 1 aromatic rings. The molecular formula is C10H12N2O4S. The Labute approximate surface area is 98.9 Å². The summed E-state index contributed by atoms with van der Waals surface area (Å²) in [6.45, 7) is 0. The van der Waals surface area contributed by atoms with Gasteiger partial charge in [0.1, 0.15) is 0 Å². The van der Waals surface area contributed by atoms with Crippen molar-refractivity contribution in [1.82, 2.24) is 0 Å². The third-order valence-corrected chi connectivity index (χ3v) is 2.95. The first-order valence-corrected chi connectivity index (χ1v) is 6.07. The molecule has 0 aliphatic carbocycles. The Morgan fingerprint density at radius 1 is 1.35 bits per heavy atom. The molecule has 0 heterocycles. The number of methoxy groups -OCH3 is 1. The lowest BCUT2D eigenvalue weighted by Crippen LogP contribution is -2.18. The van der Waals surface area contributed by atoms with Gasteiger partial charge in [0.2, 0.25) is 10.0 Å². The summed E-state index contributed by atoms with van der Waals surface area (Å²) in [5.74, 6) is -0.803. The molecule has 17 heavy (non-hydrogen) atoms. The zero-order valence-corrected chi connectivity index (χ0v) is 9.90. The van der Waals surface area contributed by atoms with Crippen molar-refractivity contribution in [2.75, 3.05) is 7.11 Å². The molecule has 7 heteroatoms. The van der Waals surface area contributed by atoms with Crippen molar-refractivity contribution in [3.05, 3.63) is 36.1 Å². The van der Waals surface area contributed by atoms with E-state index < -0.39 is 15.9 Å². The molecule has 1 rings (SSSR count). The number of nitrogens with two attached hydrogens (primary N) is 2. The minimum atomic E-state index is -3.93. The van der Waals surface area contributed by atoms with Crippen molar-refractivity contribution in [2.45, 2.75) is 4.90 Å². The Kier molecular flexibility index (Phi) is 3.87. The second-order valence-corrected chi connectivity index (χ2v) is 4.70. The lowest BCUT2D eigenvalue weighted by atomic mass is 10.1. The Hall–Kier alpha value is -1.86. The van der Waals surface area contributed by atoms with Crippen LogP contribution in [0.4, 0.5) is 0 Å². The van der Waals surface area contributed by atoms with Gasteiger partial charge in [-0.2, -0.15) is 0 Å². The van der Waals surface area contributed by atoms with Gasteiger partial charge in [-0.15, -0.1) is 0 Å². The van der Waals surface area contributed by atoms with E-state index in [9.17, 15) is 13.2 Å². The van der Waals surface area contributed by atoms with E-state index in [0.717, 1.165) is 6.26 Å². The summed E-state index contributed by atoms with van der Waals surface area (Å²) >= 11 is 0. The van der Waals surface area contributed by atoms with Gasteiger partial charge in [-0.05, 0) is 6.07 Å². The summed E-state index contributed by atoms with van der Waals surface area (Å²) in [5.41, 5.74) is 5.20. The summed E-state index contributed by atoms with van der Waals surface area (Å²) in [4.78, 5) is 11.0. The van der Waals surface area contributed by atoms with Crippen LogP contribution >= 0.6 is 0 Å². The van der Waals surface area contributed by atoms with Crippen LogP contribution in [0, 0.1) is 0 Å². The van der Waals surface area contributed by atoms with Gasteiger partial charge in [0.15, 0.2) is 0 Å². The maximum absolute atomic E-state index is 11.3. The number of benzene rings is 1. The number of sulfonamides is 1. The first kappa shape index (κ1) is 13.2. The second kappa shape index (κ2) is 4.98. The molecule has 0 spiro atoms. The summed E-state index contributed by atoms with van der Waals surface area (Å²) < 4.78 is 27.4. The van der Waals surface area contributed by atoms with E-state index in [0.29, 0.717) is 0 Å². The van der Waals surface area contributed by atoms with E-state index in [1.54, 1.807) is 6.07 Å². The van der Waals surface area contributed by atoms with Gasteiger partial charge in [-0.1, -0.05) is 18.2 Å². The Morgan fingerprint density at radius 3 is 2.41 bits per heavy atom. The summed E-state index contributed by atoms with van der Waals surface area (Å²) in [6.07, 6.45) is 1.08. The van der Waals surface area contributed by atoms with E-state index in [1.165, 1.54) is 25.3 Å². The van der Waals surface area contributed by atoms with Crippen LogP contribution in [0.2, 0.25) is 0 Å². The van der Waals surface area contributed by atoms with Crippen LogP contribution in [0.15, 0.2) is 35.4 Å². The number of carbonyl (C=O) groups is 1. The topological polar surface area (TPSA) is 112 Å². The molecule has 92 valence electrons. The number of hydrogen-bond donors (Lipinski definition) is 2. The molecule has 1 aromatic carbocycles. The Bertz CT molecular complexity index is 563. The molecule has 4 N–H and O–H groups in total. The van der Waals surface area contributed by atoms with E-state index in [-0.39, 0.29) is 16.0 Å². The van der Waals surface area contributed by atoms with Crippen molar-refractivity contribution in [1.29, 1.82) is 0 Å². The first-order chi connectivity index (χ1) is 7.88. The van der Waals surface area contributed by atoms with Gasteiger partial charge in [-0.3, -0.25) is 4.79 Å². The molecule has 0 saturated carbocycles. The maximum atomic E-state index is 11.3. The summed E-state index contributed by atoms with van der Waals surface area (Å²) in [7, 11) is -2.61. The fourth-order valence-corrected chi connectivity index (χ4v) is 2.06. The molecule has 0 aliphatic rings. The maximum Gasteiger partial charge on any atom is 0.252 e. The van der Waals surface area contributed by atoms with Crippen LogP contribution in [0.1, 0.15) is 5.56 Å². The third-order valence-electron chi connectivity index (χ3n) is 1.98. The fraction of sp³-hybridized carbons (Fsp3) is 0.100. The monoisotopic (exact) mass is 256 g/mol. The number of primary sulfonamides is 1.